The molecule has 4 aromatic rings. The second-order valence-electron chi connectivity index (χ2n) is 11.3. The maximum absolute atomic E-state index is 11.5. The minimum atomic E-state index is -1.19. The van der Waals surface area contributed by atoms with Crippen LogP contribution in [0.4, 0.5) is 0 Å². The minimum Gasteiger partial charge on any atom is -0.488 e. The third-order valence-corrected chi connectivity index (χ3v) is 8.82. The van der Waals surface area contributed by atoms with Gasteiger partial charge in [0.1, 0.15) is 47.4 Å². The zero-order valence-electron chi connectivity index (χ0n) is 26.6. The highest BCUT2D eigenvalue weighted by Crippen LogP contribution is 2.40. The summed E-state index contributed by atoms with van der Waals surface area (Å²) in [5.41, 5.74) is 3.28. The Kier molecular flexibility index (Phi) is 13.0. The van der Waals surface area contributed by atoms with Gasteiger partial charge >= 0.3 is 5.97 Å². The average Bonchev–Trinajstić information content (AvgIpc) is 3.58. The molecule has 260 valence electrons. The van der Waals surface area contributed by atoms with Crippen molar-refractivity contribution >= 4 is 45.8 Å². The van der Waals surface area contributed by atoms with Gasteiger partial charge in [0.2, 0.25) is 0 Å². The normalized spacial score (nSPS) is 18.0. The van der Waals surface area contributed by atoms with Crippen molar-refractivity contribution in [3.8, 4) is 11.5 Å². The van der Waals surface area contributed by atoms with Crippen LogP contribution < -0.4 is 20.1 Å². The number of carboxylic acid groups (broad SMARTS) is 1. The molecule has 3 aromatic carbocycles. The van der Waals surface area contributed by atoms with E-state index in [1.54, 1.807) is 24.3 Å². The third kappa shape index (κ3) is 9.37. The van der Waals surface area contributed by atoms with Crippen LogP contribution in [0.25, 0.3) is 16.6 Å². The van der Waals surface area contributed by atoms with Gasteiger partial charge in [-0.05, 0) is 64.3 Å². The predicted molar refractivity (Wildman–Crippen MR) is 185 cm³/mol. The molecule has 0 bridgehead atoms. The predicted octanol–water partition coefficient (Wildman–Crippen LogP) is 4.36. The number of fused-ring (bicyclic) bond motifs is 1. The molecule has 5 N–H and O–H groups in total. The van der Waals surface area contributed by atoms with Crippen molar-refractivity contribution in [2.75, 3.05) is 39.5 Å². The molecule has 5 rings (SSSR count). The summed E-state index contributed by atoms with van der Waals surface area (Å²) in [6.45, 7) is 1.13. The van der Waals surface area contributed by atoms with Gasteiger partial charge in [0.25, 0.3) is 0 Å². The van der Waals surface area contributed by atoms with E-state index in [-0.39, 0.29) is 31.4 Å². The Hall–Kier alpha value is -4.01. The summed E-state index contributed by atoms with van der Waals surface area (Å²) in [6.07, 6.45) is 6.42. The molecule has 1 aliphatic carbocycles. The number of ether oxygens (including phenoxy) is 3. The molecule has 1 aromatic heterocycles. The van der Waals surface area contributed by atoms with Crippen LogP contribution in [0.15, 0.2) is 83.5 Å². The van der Waals surface area contributed by atoms with Crippen LogP contribution in [0.1, 0.15) is 23.1 Å². The van der Waals surface area contributed by atoms with E-state index in [4.69, 9.17) is 47.1 Å². The van der Waals surface area contributed by atoms with Gasteiger partial charge in [-0.1, -0.05) is 60.2 Å². The van der Waals surface area contributed by atoms with Gasteiger partial charge in [0.15, 0.2) is 0 Å². The Morgan fingerprint density at radius 2 is 1.84 bits per heavy atom. The molecule has 1 aliphatic rings. The van der Waals surface area contributed by atoms with Crippen molar-refractivity contribution in [2.45, 2.75) is 36.6 Å². The molecule has 12 nitrogen and oxygen atoms in total. The number of rotatable bonds is 19. The molecule has 3 atom stereocenters. The Labute approximate surface area is 293 Å². The number of nitrogens with zero attached hydrogens (tertiary/aromatic N) is 2. The van der Waals surface area contributed by atoms with Gasteiger partial charge < -0.3 is 34.8 Å². The van der Waals surface area contributed by atoms with Gasteiger partial charge in [-0.15, -0.1) is 11.6 Å². The van der Waals surface area contributed by atoms with E-state index in [1.165, 1.54) is 0 Å². The Morgan fingerprint density at radius 1 is 1.02 bits per heavy atom. The third-order valence-electron chi connectivity index (χ3n) is 7.92. The van der Waals surface area contributed by atoms with Crippen LogP contribution in [0.3, 0.4) is 0 Å². The number of hydrogen-bond acceptors (Lipinski definition) is 11. The lowest BCUT2D eigenvalue weighted by atomic mass is 9.86. The van der Waals surface area contributed by atoms with Crippen molar-refractivity contribution in [3.63, 3.8) is 0 Å². The summed E-state index contributed by atoms with van der Waals surface area (Å²) in [7, 11) is 0. The highest BCUT2D eigenvalue weighted by Gasteiger charge is 2.42. The molecule has 0 aliphatic heterocycles. The number of carboxylic acids is 1. The summed E-state index contributed by atoms with van der Waals surface area (Å²) in [5, 5.41) is 41.3. The summed E-state index contributed by atoms with van der Waals surface area (Å²) < 4.78 is 23.9. The number of carbonyl (C=O) groups is 1. The lowest BCUT2D eigenvalue weighted by Crippen LogP contribution is -2.47. The van der Waals surface area contributed by atoms with Crippen molar-refractivity contribution in [1.82, 2.24) is 20.9 Å². The first-order valence-electron chi connectivity index (χ1n) is 15.7. The van der Waals surface area contributed by atoms with Crippen molar-refractivity contribution in [3.05, 3.63) is 101 Å². The van der Waals surface area contributed by atoms with Crippen molar-refractivity contribution in [2.24, 2.45) is 0 Å². The lowest BCUT2D eigenvalue weighted by molar-refractivity contribution is -0.140. The second-order valence-corrected chi connectivity index (χ2v) is 12.2. The van der Waals surface area contributed by atoms with Gasteiger partial charge in [-0.2, -0.15) is 0 Å². The molecule has 0 saturated heterocycles. The molecule has 0 radical (unpaired) electrons. The average molecular weight is 714 g/mol. The Balaban J connectivity index is 1.39. The van der Waals surface area contributed by atoms with Crippen LogP contribution in [0, 0.1) is 0 Å². The quantitative estimate of drug-likeness (QED) is 0.0689. The molecule has 0 fully saturated rings. The van der Waals surface area contributed by atoms with E-state index < -0.39 is 29.6 Å². The fraction of sp³-hybridized carbons (Fsp3) is 0.343. The number of aliphatic hydroxyl groups is 2. The van der Waals surface area contributed by atoms with Gasteiger partial charge in [0.05, 0.1) is 23.6 Å². The molecule has 3 unspecified atom stereocenters. The topological polar surface area (TPSA) is 168 Å². The number of hydrogen-bond donors (Lipinski definition) is 5. The lowest BCUT2D eigenvalue weighted by Gasteiger charge is -2.38. The first-order chi connectivity index (χ1) is 23.8. The van der Waals surface area contributed by atoms with Gasteiger partial charge in [0, 0.05) is 31.3 Å². The van der Waals surface area contributed by atoms with E-state index in [9.17, 15) is 15.0 Å². The summed E-state index contributed by atoms with van der Waals surface area (Å²) >= 11 is 14.0. The largest absolute Gasteiger partial charge is 0.488 e. The fourth-order valence-corrected chi connectivity index (χ4v) is 5.90. The number of halogens is 2. The van der Waals surface area contributed by atoms with E-state index in [2.05, 4.69) is 20.9 Å². The van der Waals surface area contributed by atoms with E-state index in [0.717, 1.165) is 16.7 Å². The van der Waals surface area contributed by atoms with E-state index in [1.807, 2.05) is 54.6 Å². The fourth-order valence-electron chi connectivity index (χ4n) is 5.26. The van der Waals surface area contributed by atoms with Gasteiger partial charge in [-0.3, -0.25) is 10.1 Å². The smallest absolute Gasteiger partial charge is 0.323 e. The maximum atomic E-state index is 11.5. The van der Waals surface area contributed by atoms with Crippen molar-refractivity contribution < 1.29 is 39.0 Å². The van der Waals surface area contributed by atoms with Gasteiger partial charge in [-0.25, -0.2) is 4.63 Å². The van der Waals surface area contributed by atoms with E-state index in [0.29, 0.717) is 54.2 Å². The molecule has 0 spiro atoms. The molecular weight excluding hydrogens is 675 g/mol. The highest BCUT2D eigenvalue weighted by atomic mass is 35.5. The number of allylic oxidation sites excluding steroid dienone is 2. The maximum Gasteiger partial charge on any atom is 0.323 e. The summed E-state index contributed by atoms with van der Waals surface area (Å²) in [4.78, 5) is 11.5. The molecule has 14 heteroatoms. The minimum absolute atomic E-state index is 0.00406. The standard InChI is InChI=1S/C35H38Cl2N4O8/c36-27-17-25(19-39-30(20-43)34(44)45)31(46-21-23-9-10-28-29(16-23)41-49-40-28)18-32(27)47-22-35(48-15-5-12-38-13-14-42)11-4-8-26(33(35)37)24-6-2-1-3-7-24/h1-4,6-11,16-18,30,33,38-39,42-43H,5,12-15,19-22H2,(H,44,45). The number of aromatic nitrogens is 2. The number of alkyl halides is 1. The number of nitrogens with one attached hydrogen (secondary N) is 2. The first-order valence-corrected chi connectivity index (χ1v) is 16.6. The SMILES string of the molecule is O=C(O)C(CO)NCc1cc(Cl)c(OCC2(OCCCNCCO)C=CC=C(c3ccccc3)C2Cl)cc1OCc1ccc2nonc2c1. The number of aliphatic hydroxyl groups excluding tert-OH is 2. The highest BCUT2D eigenvalue weighted by molar-refractivity contribution is 6.32. The van der Waals surface area contributed by atoms with Crippen LogP contribution >= 0.6 is 23.2 Å². The number of benzene rings is 3. The van der Waals surface area contributed by atoms with Crippen LogP contribution in [0.2, 0.25) is 5.02 Å². The zero-order valence-corrected chi connectivity index (χ0v) is 28.1. The molecule has 1 heterocycles. The first kappa shape index (κ1) is 36.3. The molecule has 0 amide bonds. The van der Waals surface area contributed by atoms with Crippen LogP contribution in [-0.2, 0) is 22.7 Å². The van der Waals surface area contributed by atoms with E-state index >= 15 is 0 Å². The second kappa shape index (κ2) is 17.6. The molecule has 0 saturated carbocycles. The monoisotopic (exact) mass is 712 g/mol. The Morgan fingerprint density at radius 3 is 2.61 bits per heavy atom. The summed E-state index contributed by atoms with van der Waals surface area (Å²) in [6, 6.07) is 17.3. The summed E-state index contributed by atoms with van der Waals surface area (Å²) in [5.74, 6) is -0.516. The van der Waals surface area contributed by atoms with Crippen molar-refractivity contribution in [1.29, 1.82) is 0 Å². The zero-order chi connectivity index (χ0) is 34.6. The molecular formula is C35H38Cl2N4O8. The Bertz CT molecular complexity index is 1750. The number of aliphatic carboxylic acids is 1. The van der Waals surface area contributed by atoms with Crippen LogP contribution in [-0.4, -0.2) is 88.1 Å². The van der Waals surface area contributed by atoms with Crippen LogP contribution in [0.5, 0.6) is 11.5 Å². The molecule has 49 heavy (non-hydrogen) atoms.